The molecule has 0 aromatic heterocycles. The maximum atomic E-state index is 13.8. The first-order valence-electron chi connectivity index (χ1n) is 8.15. The van der Waals surface area contributed by atoms with Crippen molar-refractivity contribution in [1.29, 1.82) is 0 Å². The molecule has 0 unspecified atom stereocenters. The number of aliphatic imine (C=N–C) groups is 1. The lowest BCUT2D eigenvalue weighted by Crippen LogP contribution is -2.07. The van der Waals surface area contributed by atoms with Crippen LogP contribution in [-0.4, -0.2) is 17.8 Å². The van der Waals surface area contributed by atoms with E-state index in [1.165, 1.54) is 24.3 Å². The Labute approximate surface area is 149 Å². The van der Waals surface area contributed by atoms with Crippen molar-refractivity contribution in [3.63, 3.8) is 0 Å². The van der Waals surface area contributed by atoms with Crippen LogP contribution in [-0.2, 0) is 14.3 Å². The predicted octanol–water partition coefficient (Wildman–Crippen LogP) is 3.88. The third-order valence-electron chi connectivity index (χ3n) is 3.57. The number of cyclic esters (lactones) is 1. The molecule has 0 saturated carbocycles. The highest BCUT2D eigenvalue weighted by atomic mass is 19.1. The molecule has 0 spiro atoms. The summed E-state index contributed by atoms with van der Waals surface area (Å²) in [4.78, 5) is 27.7. The summed E-state index contributed by atoms with van der Waals surface area (Å²) in [5.41, 5.74) is 0.768. The number of rotatable bonds is 5. The Kier molecular flexibility index (Phi) is 5.22. The van der Waals surface area contributed by atoms with Crippen LogP contribution in [0.25, 0.3) is 6.08 Å². The average Bonchev–Trinajstić information content (AvgIpc) is 2.96. The van der Waals surface area contributed by atoms with E-state index in [9.17, 15) is 14.0 Å². The maximum absolute atomic E-state index is 13.8. The summed E-state index contributed by atoms with van der Waals surface area (Å²) in [7, 11) is 0. The Morgan fingerprint density at radius 1 is 1.23 bits per heavy atom. The number of ether oxygens (including phenoxy) is 2. The molecule has 0 bridgehead atoms. The second-order valence-corrected chi connectivity index (χ2v) is 5.61. The number of carbonyl (C=O) groups excluding carboxylic acids is 2. The van der Waals surface area contributed by atoms with E-state index in [0.29, 0.717) is 24.2 Å². The van der Waals surface area contributed by atoms with Gasteiger partial charge >= 0.3 is 11.9 Å². The number of halogens is 1. The first-order valence-corrected chi connectivity index (χ1v) is 8.15. The van der Waals surface area contributed by atoms with E-state index in [-0.39, 0.29) is 23.1 Å². The van der Waals surface area contributed by atoms with Crippen molar-refractivity contribution in [3.05, 3.63) is 71.2 Å². The fraction of sp³-hybridized carbons (Fsp3) is 0.150. The third-order valence-corrected chi connectivity index (χ3v) is 3.57. The highest BCUT2D eigenvalue weighted by Gasteiger charge is 2.25. The Morgan fingerprint density at radius 2 is 2.04 bits per heavy atom. The van der Waals surface area contributed by atoms with E-state index in [1.54, 1.807) is 30.3 Å². The molecule has 0 amide bonds. The fourth-order valence-electron chi connectivity index (χ4n) is 2.37. The van der Waals surface area contributed by atoms with Crippen LogP contribution in [0.3, 0.4) is 0 Å². The van der Waals surface area contributed by atoms with Gasteiger partial charge in [0.05, 0.1) is 5.56 Å². The monoisotopic (exact) mass is 353 g/mol. The molecular formula is C20H16FNO4. The van der Waals surface area contributed by atoms with Gasteiger partial charge in [-0.25, -0.2) is 14.2 Å². The lowest BCUT2D eigenvalue weighted by atomic mass is 10.2. The SMILES string of the molecule is CCCC(=O)Oc1cccc(/C=C2\N=C(c3ccccc3F)OC2=O)c1. The third kappa shape index (κ3) is 4.03. The van der Waals surface area contributed by atoms with Gasteiger partial charge in [0, 0.05) is 6.42 Å². The molecule has 2 aromatic rings. The van der Waals surface area contributed by atoms with Gasteiger partial charge in [-0.15, -0.1) is 0 Å². The minimum absolute atomic E-state index is 0.0419. The van der Waals surface area contributed by atoms with Crippen molar-refractivity contribution in [2.24, 2.45) is 4.99 Å². The predicted molar refractivity (Wildman–Crippen MR) is 94.0 cm³/mol. The number of hydrogen-bond acceptors (Lipinski definition) is 5. The second kappa shape index (κ2) is 7.74. The summed E-state index contributed by atoms with van der Waals surface area (Å²) in [5.74, 6) is -1.22. The van der Waals surface area contributed by atoms with E-state index in [4.69, 9.17) is 9.47 Å². The van der Waals surface area contributed by atoms with Crippen LogP contribution in [0.1, 0.15) is 30.9 Å². The zero-order valence-corrected chi connectivity index (χ0v) is 14.1. The van der Waals surface area contributed by atoms with Gasteiger partial charge in [0.25, 0.3) is 0 Å². The second-order valence-electron chi connectivity index (χ2n) is 5.61. The van der Waals surface area contributed by atoms with Gasteiger partial charge in [0.1, 0.15) is 11.6 Å². The lowest BCUT2D eigenvalue weighted by molar-refractivity contribution is -0.134. The van der Waals surface area contributed by atoms with E-state index < -0.39 is 11.8 Å². The molecule has 132 valence electrons. The molecule has 0 fully saturated rings. The van der Waals surface area contributed by atoms with Crippen molar-refractivity contribution in [2.45, 2.75) is 19.8 Å². The molecular weight excluding hydrogens is 337 g/mol. The summed E-state index contributed by atoms with van der Waals surface area (Å²) in [6.07, 6.45) is 2.52. The van der Waals surface area contributed by atoms with Gasteiger partial charge in [0.15, 0.2) is 5.70 Å². The molecule has 5 nitrogen and oxygen atoms in total. The summed E-state index contributed by atoms with van der Waals surface area (Å²) in [5, 5.41) is 0. The molecule has 0 aliphatic carbocycles. The standard InChI is InChI=1S/C20H16FNO4/c1-2-6-18(23)25-14-8-5-7-13(11-14)12-17-20(24)26-19(22-17)15-9-3-4-10-16(15)21/h3-5,7-12H,2,6H2,1H3/b17-12-. The Morgan fingerprint density at radius 3 is 2.81 bits per heavy atom. The first-order chi connectivity index (χ1) is 12.6. The molecule has 6 heteroatoms. The van der Waals surface area contributed by atoms with Gasteiger partial charge in [-0.05, 0) is 42.3 Å². The number of benzene rings is 2. The number of nitrogens with zero attached hydrogens (tertiary/aromatic N) is 1. The first kappa shape index (κ1) is 17.5. The largest absolute Gasteiger partial charge is 0.427 e. The summed E-state index contributed by atoms with van der Waals surface area (Å²) in [6, 6.07) is 12.6. The minimum Gasteiger partial charge on any atom is -0.427 e. The zero-order valence-electron chi connectivity index (χ0n) is 14.1. The van der Waals surface area contributed by atoms with Crippen LogP contribution in [0.4, 0.5) is 4.39 Å². The van der Waals surface area contributed by atoms with Crippen LogP contribution >= 0.6 is 0 Å². The van der Waals surface area contributed by atoms with Crippen LogP contribution < -0.4 is 4.74 Å². The summed E-state index contributed by atoms with van der Waals surface area (Å²) >= 11 is 0. The van der Waals surface area contributed by atoms with Crippen LogP contribution in [0.2, 0.25) is 0 Å². The van der Waals surface area contributed by atoms with Crippen molar-refractivity contribution >= 4 is 23.9 Å². The van der Waals surface area contributed by atoms with Crippen LogP contribution in [0, 0.1) is 5.82 Å². The highest BCUT2D eigenvalue weighted by Crippen LogP contribution is 2.22. The fourth-order valence-corrected chi connectivity index (χ4v) is 2.37. The highest BCUT2D eigenvalue weighted by molar-refractivity contribution is 6.12. The molecule has 0 saturated heterocycles. The van der Waals surface area contributed by atoms with Gasteiger partial charge in [-0.1, -0.05) is 31.2 Å². The average molecular weight is 353 g/mol. The molecule has 26 heavy (non-hydrogen) atoms. The summed E-state index contributed by atoms with van der Waals surface area (Å²) < 4.78 is 24.1. The van der Waals surface area contributed by atoms with Crippen molar-refractivity contribution in [2.75, 3.05) is 0 Å². The quantitative estimate of drug-likeness (QED) is 0.465. The normalized spacial score (nSPS) is 14.9. The Bertz CT molecular complexity index is 918. The van der Waals surface area contributed by atoms with Gasteiger partial charge in [-0.3, -0.25) is 4.79 Å². The topological polar surface area (TPSA) is 65.0 Å². The molecule has 0 radical (unpaired) electrons. The Balaban J connectivity index is 1.84. The van der Waals surface area contributed by atoms with Gasteiger partial charge in [0.2, 0.25) is 5.90 Å². The van der Waals surface area contributed by atoms with E-state index in [1.807, 2.05) is 6.92 Å². The van der Waals surface area contributed by atoms with Crippen LogP contribution in [0.5, 0.6) is 5.75 Å². The van der Waals surface area contributed by atoms with E-state index in [0.717, 1.165) is 0 Å². The minimum atomic E-state index is -0.670. The number of hydrogen-bond donors (Lipinski definition) is 0. The smallest absolute Gasteiger partial charge is 0.363 e. The molecule has 0 N–H and O–H groups in total. The summed E-state index contributed by atoms with van der Waals surface area (Å²) in [6.45, 7) is 1.89. The molecule has 1 aliphatic heterocycles. The molecule has 1 heterocycles. The van der Waals surface area contributed by atoms with Crippen molar-refractivity contribution in [1.82, 2.24) is 0 Å². The van der Waals surface area contributed by atoms with E-state index >= 15 is 0 Å². The number of carbonyl (C=O) groups is 2. The Hall–Kier alpha value is -3.28. The van der Waals surface area contributed by atoms with Gasteiger partial charge in [-0.2, -0.15) is 0 Å². The van der Waals surface area contributed by atoms with Crippen molar-refractivity contribution in [3.8, 4) is 5.75 Å². The molecule has 3 rings (SSSR count). The lowest BCUT2D eigenvalue weighted by Gasteiger charge is -2.04. The molecule has 0 atom stereocenters. The molecule has 1 aliphatic rings. The molecule has 2 aromatic carbocycles. The number of esters is 2. The van der Waals surface area contributed by atoms with Crippen LogP contribution in [0.15, 0.2) is 59.2 Å². The van der Waals surface area contributed by atoms with E-state index in [2.05, 4.69) is 4.99 Å². The maximum Gasteiger partial charge on any atom is 0.363 e. The van der Waals surface area contributed by atoms with Crippen molar-refractivity contribution < 1.29 is 23.5 Å². The van der Waals surface area contributed by atoms with Gasteiger partial charge < -0.3 is 9.47 Å². The zero-order chi connectivity index (χ0) is 18.5.